The van der Waals surface area contributed by atoms with E-state index in [4.69, 9.17) is 18.9 Å². The van der Waals surface area contributed by atoms with Crippen LogP contribution in [0.25, 0.3) is 0 Å². The molecule has 0 heterocycles. The molecule has 0 N–H and O–H groups in total. The third-order valence-corrected chi connectivity index (χ3v) is 3.42. The first-order valence-corrected chi connectivity index (χ1v) is 8.26. The Labute approximate surface area is 143 Å². The highest BCUT2D eigenvalue weighted by atomic mass is 19.1. The van der Waals surface area contributed by atoms with Crippen molar-refractivity contribution in [2.75, 3.05) is 33.7 Å². The van der Waals surface area contributed by atoms with Crippen LogP contribution in [-0.2, 0) is 19.0 Å². The van der Waals surface area contributed by atoms with Gasteiger partial charge in [0, 0.05) is 13.5 Å². The number of methoxy groups -OCH3 is 1. The smallest absolute Gasteiger partial charge is 0.147 e. The zero-order valence-corrected chi connectivity index (χ0v) is 14.2. The van der Waals surface area contributed by atoms with Gasteiger partial charge in [0.05, 0.1) is 19.3 Å². The number of benzene rings is 1. The van der Waals surface area contributed by atoms with E-state index in [1.807, 2.05) is 0 Å². The van der Waals surface area contributed by atoms with Gasteiger partial charge in [0.15, 0.2) is 0 Å². The summed E-state index contributed by atoms with van der Waals surface area (Å²) in [4.78, 5) is 10.3. The van der Waals surface area contributed by atoms with Crippen molar-refractivity contribution in [2.24, 2.45) is 0 Å². The van der Waals surface area contributed by atoms with E-state index in [-0.39, 0.29) is 18.7 Å². The van der Waals surface area contributed by atoms with Gasteiger partial charge in [-0.1, -0.05) is 12.8 Å². The molecule has 1 unspecified atom stereocenters. The highest BCUT2D eigenvalue weighted by Crippen LogP contribution is 2.14. The molecule has 0 fully saturated rings. The fourth-order valence-electron chi connectivity index (χ4n) is 2.06. The van der Waals surface area contributed by atoms with Crippen LogP contribution in [0.2, 0.25) is 0 Å². The van der Waals surface area contributed by atoms with Gasteiger partial charge in [0.25, 0.3) is 0 Å². The molecule has 0 aromatic heterocycles. The Balaban J connectivity index is 2.31. The normalized spacial score (nSPS) is 12.1. The van der Waals surface area contributed by atoms with Crippen LogP contribution < -0.4 is 4.74 Å². The van der Waals surface area contributed by atoms with Crippen LogP contribution in [0.4, 0.5) is 4.39 Å². The fourth-order valence-corrected chi connectivity index (χ4v) is 2.06. The van der Waals surface area contributed by atoms with Crippen molar-refractivity contribution in [1.82, 2.24) is 0 Å². The third-order valence-electron chi connectivity index (χ3n) is 3.42. The maximum Gasteiger partial charge on any atom is 0.147 e. The Hall–Kier alpha value is -1.50. The maximum atomic E-state index is 12.9. The van der Waals surface area contributed by atoms with Crippen LogP contribution in [0.5, 0.6) is 5.75 Å². The molecule has 24 heavy (non-hydrogen) atoms. The van der Waals surface area contributed by atoms with E-state index >= 15 is 0 Å². The molecule has 1 aromatic rings. The standard InChI is InChI=1S/C18H27FO5/c1-21-12-13-22-15-24-18(6-4-2-3-5-11-20)14-23-17-9-7-16(19)8-10-17/h7-11,18H,2-6,12-15H2,1H3. The molecule has 0 aliphatic heterocycles. The molecule has 0 bridgehead atoms. The van der Waals surface area contributed by atoms with Crippen molar-refractivity contribution in [1.29, 1.82) is 0 Å². The molecular weight excluding hydrogens is 315 g/mol. The molecular formula is C18H27FO5. The predicted octanol–water partition coefficient (Wildman–Crippen LogP) is 3.36. The monoisotopic (exact) mass is 342 g/mol. The largest absolute Gasteiger partial charge is 0.491 e. The summed E-state index contributed by atoms with van der Waals surface area (Å²) in [5.41, 5.74) is 0. The van der Waals surface area contributed by atoms with Gasteiger partial charge < -0.3 is 23.7 Å². The number of aldehydes is 1. The van der Waals surface area contributed by atoms with Gasteiger partial charge >= 0.3 is 0 Å². The van der Waals surface area contributed by atoms with Crippen molar-refractivity contribution in [3.05, 3.63) is 30.1 Å². The van der Waals surface area contributed by atoms with Gasteiger partial charge in [-0.25, -0.2) is 4.39 Å². The topological polar surface area (TPSA) is 54.0 Å². The first-order valence-electron chi connectivity index (χ1n) is 8.26. The van der Waals surface area contributed by atoms with Gasteiger partial charge in [-0.2, -0.15) is 0 Å². The highest BCUT2D eigenvalue weighted by Gasteiger charge is 2.11. The van der Waals surface area contributed by atoms with Crippen LogP contribution in [0.3, 0.4) is 0 Å². The lowest BCUT2D eigenvalue weighted by Gasteiger charge is -2.18. The average molecular weight is 342 g/mol. The van der Waals surface area contributed by atoms with E-state index in [0.717, 1.165) is 32.0 Å². The van der Waals surface area contributed by atoms with E-state index in [2.05, 4.69) is 0 Å². The van der Waals surface area contributed by atoms with Crippen LogP contribution in [0.15, 0.2) is 24.3 Å². The van der Waals surface area contributed by atoms with Gasteiger partial charge in [0.2, 0.25) is 0 Å². The van der Waals surface area contributed by atoms with Gasteiger partial charge in [-0.3, -0.25) is 0 Å². The van der Waals surface area contributed by atoms with Crippen molar-refractivity contribution >= 4 is 6.29 Å². The number of ether oxygens (including phenoxy) is 4. The number of hydrogen-bond acceptors (Lipinski definition) is 5. The molecule has 6 heteroatoms. The Kier molecular flexibility index (Phi) is 11.9. The van der Waals surface area contributed by atoms with Crippen LogP contribution in [0.1, 0.15) is 32.1 Å². The Morgan fingerprint density at radius 3 is 2.62 bits per heavy atom. The summed E-state index contributed by atoms with van der Waals surface area (Å²) < 4.78 is 34.5. The van der Waals surface area contributed by atoms with E-state index in [0.29, 0.717) is 32.0 Å². The molecule has 1 atom stereocenters. The van der Waals surface area contributed by atoms with Crippen molar-refractivity contribution < 1.29 is 28.1 Å². The van der Waals surface area contributed by atoms with E-state index in [1.54, 1.807) is 19.2 Å². The SMILES string of the molecule is COCCOCOC(CCCCCC=O)COc1ccc(F)cc1. The number of hydrogen-bond donors (Lipinski definition) is 0. The van der Waals surface area contributed by atoms with Crippen molar-refractivity contribution in [2.45, 2.75) is 38.2 Å². The summed E-state index contributed by atoms with van der Waals surface area (Å²) in [6.45, 7) is 1.54. The number of halogens is 1. The minimum atomic E-state index is -0.295. The summed E-state index contributed by atoms with van der Waals surface area (Å²) >= 11 is 0. The zero-order valence-electron chi connectivity index (χ0n) is 14.2. The average Bonchev–Trinajstić information content (AvgIpc) is 2.60. The Morgan fingerprint density at radius 1 is 1.12 bits per heavy atom. The first kappa shape index (κ1) is 20.5. The summed E-state index contributed by atoms with van der Waals surface area (Å²) in [5.74, 6) is 0.308. The molecule has 0 aliphatic carbocycles. The van der Waals surface area contributed by atoms with Crippen molar-refractivity contribution in [3.63, 3.8) is 0 Å². The van der Waals surface area contributed by atoms with Gasteiger partial charge in [-0.15, -0.1) is 0 Å². The molecule has 0 amide bonds. The third kappa shape index (κ3) is 10.3. The second kappa shape index (κ2) is 13.9. The van der Waals surface area contributed by atoms with Gasteiger partial charge in [0.1, 0.15) is 31.3 Å². The minimum Gasteiger partial charge on any atom is -0.491 e. The molecule has 0 spiro atoms. The van der Waals surface area contributed by atoms with Gasteiger partial charge in [-0.05, 0) is 37.1 Å². The summed E-state index contributed by atoms with van der Waals surface area (Å²) in [6.07, 6.45) is 5.04. The van der Waals surface area contributed by atoms with E-state index in [1.165, 1.54) is 12.1 Å². The summed E-state index contributed by atoms with van der Waals surface area (Å²) in [6, 6.07) is 5.90. The summed E-state index contributed by atoms with van der Waals surface area (Å²) in [7, 11) is 1.61. The quantitative estimate of drug-likeness (QED) is 0.278. The van der Waals surface area contributed by atoms with Crippen LogP contribution in [-0.4, -0.2) is 46.1 Å². The zero-order chi connectivity index (χ0) is 17.5. The highest BCUT2D eigenvalue weighted by molar-refractivity contribution is 5.48. The molecule has 136 valence electrons. The van der Waals surface area contributed by atoms with E-state index in [9.17, 15) is 9.18 Å². The van der Waals surface area contributed by atoms with E-state index < -0.39 is 0 Å². The predicted molar refractivity (Wildman–Crippen MR) is 88.6 cm³/mol. The van der Waals surface area contributed by atoms with Crippen LogP contribution >= 0.6 is 0 Å². The lowest BCUT2D eigenvalue weighted by molar-refractivity contribution is -0.109. The Morgan fingerprint density at radius 2 is 1.92 bits per heavy atom. The molecule has 5 nitrogen and oxygen atoms in total. The molecule has 0 radical (unpaired) electrons. The number of carbonyl (C=O) groups is 1. The van der Waals surface area contributed by atoms with Crippen molar-refractivity contribution in [3.8, 4) is 5.75 Å². The lowest BCUT2D eigenvalue weighted by Crippen LogP contribution is -2.23. The molecule has 1 rings (SSSR count). The minimum absolute atomic E-state index is 0.117. The molecule has 0 aliphatic rings. The second-order valence-electron chi connectivity index (χ2n) is 5.38. The number of rotatable bonds is 15. The molecule has 1 aromatic carbocycles. The van der Waals surface area contributed by atoms with Crippen LogP contribution in [0, 0.1) is 5.82 Å². The number of unbranched alkanes of at least 4 members (excludes halogenated alkanes) is 3. The summed E-state index contributed by atoms with van der Waals surface area (Å²) in [5, 5.41) is 0. The number of carbonyl (C=O) groups excluding carboxylic acids is 1. The first-order chi connectivity index (χ1) is 11.8. The molecule has 0 saturated carbocycles. The fraction of sp³-hybridized carbons (Fsp3) is 0.611. The lowest BCUT2D eigenvalue weighted by atomic mass is 10.1. The Bertz CT molecular complexity index is 424. The maximum absolute atomic E-state index is 12.9. The molecule has 0 saturated heterocycles. The second-order valence-corrected chi connectivity index (χ2v) is 5.38.